The van der Waals surface area contributed by atoms with Gasteiger partial charge in [0.1, 0.15) is 4.90 Å². The molecule has 1 N–H and O–H groups in total. The summed E-state index contributed by atoms with van der Waals surface area (Å²) in [6.45, 7) is 1.75. The molecule has 0 heterocycles. The molecule has 19 heavy (non-hydrogen) atoms. The number of rotatable bonds is 8. The van der Waals surface area contributed by atoms with Crippen LogP contribution in [0.2, 0.25) is 5.02 Å². The van der Waals surface area contributed by atoms with Gasteiger partial charge in [0.2, 0.25) is 10.0 Å². The van der Waals surface area contributed by atoms with Crippen molar-refractivity contribution < 1.29 is 13.2 Å². The molecule has 0 spiro atoms. The molecule has 1 aliphatic rings. The van der Waals surface area contributed by atoms with E-state index in [0.717, 1.165) is 12.5 Å². The molecule has 0 saturated heterocycles. The minimum atomic E-state index is -3.52. The van der Waals surface area contributed by atoms with Crippen molar-refractivity contribution in [2.75, 3.05) is 19.8 Å². The van der Waals surface area contributed by atoms with Gasteiger partial charge < -0.3 is 4.74 Å². The van der Waals surface area contributed by atoms with Crippen molar-refractivity contribution in [2.45, 2.75) is 24.2 Å². The second-order valence-electron chi connectivity index (χ2n) is 4.70. The molecule has 0 amide bonds. The van der Waals surface area contributed by atoms with E-state index >= 15 is 0 Å². The van der Waals surface area contributed by atoms with E-state index in [-0.39, 0.29) is 9.92 Å². The van der Waals surface area contributed by atoms with Crippen molar-refractivity contribution in [1.82, 2.24) is 4.72 Å². The average Bonchev–Trinajstić information content (AvgIpc) is 3.18. The van der Waals surface area contributed by atoms with Crippen LogP contribution in [0.15, 0.2) is 29.2 Å². The number of ether oxygens (including phenoxy) is 1. The molecule has 1 aliphatic carbocycles. The number of sulfonamides is 1. The maximum atomic E-state index is 12.0. The van der Waals surface area contributed by atoms with E-state index in [1.54, 1.807) is 18.2 Å². The third-order valence-electron chi connectivity index (χ3n) is 2.93. The number of benzene rings is 1. The highest BCUT2D eigenvalue weighted by atomic mass is 35.5. The highest BCUT2D eigenvalue weighted by molar-refractivity contribution is 7.89. The summed E-state index contributed by atoms with van der Waals surface area (Å²) in [6.07, 6.45) is 3.19. The van der Waals surface area contributed by atoms with Gasteiger partial charge in [0.15, 0.2) is 0 Å². The van der Waals surface area contributed by atoms with E-state index in [1.165, 1.54) is 18.9 Å². The predicted molar refractivity (Wildman–Crippen MR) is 74.8 cm³/mol. The lowest BCUT2D eigenvalue weighted by Gasteiger charge is -2.08. The second kappa shape index (κ2) is 6.70. The van der Waals surface area contributed by atoms with Crippen LogP contribution in [0.3, 0.4) is 0 Å². The molecule has 4 nitrogen and oxygen atoms in total. The maximum Gasteiger partial charge on any atom is 0.242 e. The Morgan fingerprint density at radius 1 is 1.32 bits per heavy atom. The highest BCUT2D eigenvalue weighted by Crippen LogP contribution is 2.28. The highest BCUT2D eigenvalue weighted by Gasteiger charge is 2.21. The fourth-order valence-electron chi connectivity index (χ4n) is 1.66. The number of hydrogen-bond acceptors (Lipinski definition) is 3. The van der Waals surface area contributed by atoms with Gasteiger partial charge in [-0.15, -0.1) is 0 Å². The Hall–Kier alpha value is -0.620. The van der Waals surface area contributed by atoms with Crippen molar-refractivity contribution in [3.8, 4) is 0 Å². The summed E-state index contributed by atoms with van der Waals surface area (Å²) in [5, 5.41) is 0.236. The molecule has 0 aromatic heterocycles. The van der Waals surface area contributed by atoms with Gasteiger partial charge in [-0.3, -0.25) is 0 Å². The molecule has 0 radical (unpaired) electrons. The Bertz CT molecular complexity index is 514. The van der Waals surface area contributed by atoms with Gasteiger partial charge in [0, 0.05) is 19.8 Å². The molecule has 1 aromatic rings. The molecule has 0 atom stereocenters. The van der Waals surface area contributed by atoms with Crippen molar-refractivity contribution in [2.24, 2.45) is 5.92 Å². The normalized spacial score (nSPS) is 15.6. The molecular weight excluding hydrogens is 286 g/mol. The van der Waals surface area contributed by atoms with Crippen LogP contribution in [0.5, 0.6) is 0 Å². The van der Waals surface area contributed by atoms with Crippen LogP contribution in [-0.2, 0) is 14.8 Å². The van der Waals surface area contributed by atoms with Crippen molar-refractivity contribution >= 4 is 21.6 Å². The first-order valence-corrected chi connectivity index (χ1v) is 8.27. The fraction of sp³-hybridized carbons (Fsp3) is 0.538. The van der Waals surface area contributed by atoms with Crippen molar-refractivity contribution in [1.29, 1.82) is 0 Å². The average molecular weight is 304 g/mol. The quantitative estimate of drug-likeness (QED) is 0.751. The zero-order valence-electron chi connectivity index (χ0n) is 10.6. The van der Waals surface area contributed by atoms with Gasteiger partial charge in [-0.2, -0.15) is 0 Å². The molecule has 0 unspecified atom stereocenters. The maximum absolute atomic E-state index is 12.0. The van der Waals surface area contributed by atoms with E-state index in [2.05, 4.69) is 4.72 Å². The first kappa shape index (κ1) is 14.8. The molecule has 106 valence electrons. The lowest BCUT2D eigenvalue weighted by Crippen LogP contribution is -2.25. The smallest absolute Gasteiger partial charge is 0.242 e. The van der Waals surface area contributed by atoms with E-state index in [1.807, 2.05) is 0 Å². The molecule has 1 aromatic carbocycles. The Kier molecular flexibility index (Phi) is 5.21. The summed E-state index contributed by atoms with van der Waals surface area (Å²) in [4.78, 5) is 0.121. The lowest BCUT2D eigenvalue weighted by molar-refractivity contribution is 0.123. The van der Waals surface area contributed by atoms with Gasteiger partial charge in [0.25, 0.3) is 0 Å². The third kappa shape index (κ3) is 4.76. The van der Waals surface area contributed by atoms with E-state index in [0.29, 0.717) is 19.6 Å². The monoisotopic (exact) mass is 303 g/mol. The predicted octanol–water partition coefficient (Wildman–Crippen LogP) is 2.44. The number of nitrogens with one attached hydrogen (secondary N) is 1. The van der Waals surface area contributed by atoms with Crippen LogP contribution in [-0.4, -0.2) is 28.2 Å². The zero-order valence-corrected chi connectivity index (χ0v) is 12.2. The molecule has 0 aliphatic heterocycles. The molecule has 0 bridgehead atoms. The summed E-state index contributed by atoms with van der Waals surface area (Å²) < 4.78 is 31.9. The molecule has 1 saturated carbocycles. The minimum absolute atomic E-state index is 0.121. The van der Waals surface area contributed by atoms with Crippen LogP contribution >= 0.6 is 11.6 Å². The van der Waals surface area contributed by atoms with Crippen LogP contribution in [0.1, 0.15) is 19.3 Å². The standard InChI is InChI=1S/C13H18ClNO3S/c14-12-4-1-2-5-13(12)19(16,17)15-8-3-9-18-10-11-6-7-11/h1-2,4-5,11,15H,3,6-10H2. The van der Waals surface area contributed by atoms with Crippen molar-refractivity contribution in [3.63, 3.8) is 0 Å². The zero-order chi connectivity index (χ0) is 13.7. The van der Waals surface area contributed by atoms with Crippen LogP contribution < -0.4 is 4.72 Å². The number of halogens is 1. The lowest BCUT2D eigenvalue weighted by atomic mass is 10.4. The van der Waals surface area contributed by atoms with E-state index in [9.17, 15) is 8.42 Å². The summed E-state index contributed by atoms with van der Waals surface area (Å²) in [7, 11) is -3.52. The number of hydrogen-bond donors (Lipinski definition) is 1. The Morgan fingerprint density at radius 2 is 2.05 bits per heavy atom. The van der Waals surface area contributed by atoms with E-state index in [4.69, 9.17) is 16.3 Å². The summed E-state index contributed by atoms with van der Waals surface area (Å²) in [6, 6.07) is 6.41. The molecule has 1 fully saturated rings. The molecule has 2 rings (SSSR count). The van der Waals surface area contributed by atoms with Crippen LogP contribution in [0.4, 0.5) is 0 Å². The van der Waals surface area contributed by atoms with Crippen LogP contribution in [0, 0.1) is 5.92 Å². The molecule has 6 heteroatoms. The second-order valence-corrected chi connectivity index (χ2v) is 6.84. The van der Waals surface area contributed by atoms with Crippen LogP contribution in [0.25, 0.3) is 0 Å². The van der Waals surface area contributed by atoms with Gasteiger partial charge in [-0.25, -0.2) is 13.1 Å². The summed E-state index contributed by atoms with van der Waals surface area (Å²) >= 11 is 5.87. The van der Waals surface area contributed by atoms with Crippen molar-refractivity contribution in [3.05, 3.63) is 29.3 Å². The Balaban J connectivity index is 1.73. The van der Waals surface area contributed by atoms with E-state index < -0.39 is 10.0 Å². The Labute approximate surface area is 119 Å². The topological polar surface area (TPSA) is 55.4 Å². The third-order valence-corrected chi connectivity index (χ3v) is 4.90. The SMILES string of the molecule is O=S(=O)(NCCCOCC1CC1)c1ccccc1Cl. The van der Waals surface area contributed by atoms with Gasteiger partial charge in [-0.1, -0.05) is 23.7 Å². The largest absolute Gasteiger partial charge is 0.381 e. The fourth-order valence-corrected chi connectivity index (χ4v) is 3.25. The first-order chi connectivity index (χ1) is 9.09. The van der Waals surface area contributed by atoms with Gasteiger partial charge in [-0.05, 0) is 37.3 Å². The summed E-state index contributed by atoms with van der Waals surface area (Å²) in [5.41, 5.74) is 0. The van der Waals surface area contributed by atoms with Gasteiger partial charge in [0.05, 0.1) is 5.02 Å². The minimum Gasteiger partial charge on any atom is -0.381 e. The Morgan fingerprint density at radius 3 is 2.74 bits per heavy atom. The molecular formula is C13H18ClNO3S. The summed E-state index contributed by atoms with van der Waals surface area (Å²) in [5.74, 6) is 0.736. The first-order valence-electron chi connectivity index (χ1n) is 6.41. The van der Waals surface area contributed by atoms with Gasteiger partial charge >= 0.3 is 0 Å².